The molecule has 0 spiro atoms. The summed E-state index contributed by atoms with van der Waals surface area (Å²) in [6, 6.07) is 8.59. The molecule has 1 saturated heterocycles. The fraction of sp³-hybridized carbons (Fsp3) is 0.533. The summed E-state index contributed by atoms with van der Waals surface area (Å²) in [5, 5.41) is 2.93. The van der Waals surface area contributed by atoms with Crippen LogP contribution in [0.1, 0.15) is 32.3 Å². The summed E-state index contributed by atoms with van der Waals surface area (Å²) >= 11 is 0. The van der Waals surface area contributed by atoms with Gasteiger partial charge in [0.1, 0.15) is 0 Å². The highest BCUT2D eigenvalue weighted by atomic mass is 16.2. The van der Waals surface area contributed by atoms with Gasteiger partial charge in [-0.15, -0.1) is 0 Å². The monoisotopic (exact) mass is 248 g/mol. The molecule has 3 heteroatoms. The number of rotatable bonds is 4. The lowest BCUT2D eigenvalue weighted by atomic mass is 10.1. The van der Waals surface area contributed by atoms with Crippen LogP contribution in [0.2, 0.25) is 0 Å². The largest absolute Gasteiger partial charge is 0.355 e. The minimum Gasteiger partial charge on any atom is -0.355 e. The molecule has 3 nitrogen and oxygen atoms in total. The molecule has 0 unspecified atom stereocenters. The lowest BCUT2D eigenvalue weighted by Gasteiger charge is -2.23. The first-order chi connectivity index (χ1) is 8.70. The number of hydrogen-bond donors (Lipinski definition) is 1. The van der Waals surface area contributed by atoms with E-state index in [2.05, 4.69) is 41.4 Å². The lowest BCUT2D eigenvalue weighted by molar-refractivity contribution is -0.125. The number of aryl methyl sites for hydroxylation is 1. The predicted octanol–water partition coefficient (Wildman–Crippen LogP) is 2.34. The molecule has 1 fully saturated rings. The first-order valence-electron chi connectivity index (χ1n) is 6.78. The van der Waals surface area contributed by atoms with Crippen LogP contribution in [0.3, 0.4) is 0 Å². The average molecular weight is 248 g/mol. The minimum absolute atomic E-state index is 0. The van der Waals surface area contributed by atoms with Crippen LogP contribution >= 0.6 is 0 Å². The molecule has 1 aromatic carbocycles. The Morgan fingerprint density at radius 2 is 2.39 bits per heavy atom. The fourth-order valence-electron chi connectivity index (χ4n) is 2.65. The predicted molar refractivity (Wildman–Crippen MR) is 75.4 cm³/mol. The Morgan fingerprint density at radius 3 is 3.11 bits per heavy atom. The molecule has 1 heterocycles. The standard InChI is InChI=1S/C15H22N2O.H2/c1-3-16-15(18)14-8-5-9-17(14)11-13-7-4-6-12(2)10-13;/h4,6-7,10,14H,3,5,8-9,11H2,1-2H3,(H,16,18);1H/t14-;/m1./s1. The van der Waals surface area contributed by atoms with Gasteiger partial charge in [-0.05, 0) is 38.8 Å². The van der Waals surface area contributed by atoms with Gasteiger partial charge in [-0.1, -0.05) is 29.8 Å². The number of hydrogen-bond acceptors (Lipinski definition) is 2. The normalized spacial score (nSPS) is 20.0. The Bertz CT molecular complexity index is 422. The van der Waals surface area contributed by atoms with Crippen molar-refractivity contribution in [2.24, 2.45) is 0 Å². The number of carbonyl (C=O) groups is 1. The zero-order valence-corrected chi connectivity index (χ0v) is 11.3. The van der Waals surface area contributed by atoms with Crippen molar-refractivity contribution in [2.75, 3.05) is 13.1 Å². The molecule has 0 aromatic heterocycles. The molecular weight excluding hydrogens is 224 g/mol. The Labute approximate surface area is 111 Å². The summed E-state index contributed by atoms with van der Waals surface area (Å²) in [7, 11) is 0. The van der Waals surface area contributed by atoms with E-state index in [9.17, 15) is 4.79 Å². The van der Waals surface area contributed by atoms with Crippen LogP contribution in [0.15, 0.2) is 24.3 Å². The van der Waals surface area contributed by atoms with Gasteiger partial charge in [0.25, 0.3) is 0 Å². The maximum absolute atomic E-state index is 12.0. The number of nitrogens with zero attached hydrogens (tertiary/aromatic N) is 1. The van der Waals surface area contributed by atoms with Gasteiger partial charge in [0, 0.05) is 14.5 Å². The van der Waals surface area contributed by atoms with Crippen molar-refractivity contribution in [3.05, 3.63) is 35.4 Å². The van der Waals surface area contributed by atoms with Crippen LogP contribution in [0.25, 0.3) is 0 Å². The van der Waals surface area contributed by atoms with E-state index in [0.29, 0.717) is 6.54 Å². The number of likely N-dealkylation sites (N-methyl/N-ethyl adjacent to an activating group) is 1. The molecule has 1 N–H and O–H groups in total. The van der Waals surface area contributed by atoms with Crippen LogP contribution in [-0.4, -0.2) is 29.9 Å². The van der Waals surface area contributed by atoms with Gasteiger partial charge >= 0.3 is 0 Å². The summed E-state index contributed by atoms with van der Waals surface area (Å²) in [6.45, 7) is 6.69. The molecule has 1 amide bonds. The Kier molecular flexibility index (Phi) is 4.37. The molecule has 1 aliphatic heterocycles. The van der Waals surface area contributed by atoms with Crippen molar-refractivity contribution in [1.82, 2.24) is 10.2 Å². The lowest BCUT2D eigenvalue weighted by Crippen LogP contribution is -2.42. The zero-order valence-electron chi connectivity index (χ0n) is 11.3. The van der Waals surface area contributed by atoms with Crippen LogP contribution in [0.4, 0.5) is 0 Å². The summed E-state index contributed by atoms with van der Waals surface area (Å²) in [4.78, 5) is 14.3. The van der Waals surface area contributed by atoms with Crippen LogP contribution < -0.4 is 5.32 Å². The number of amides is 1. The summed E-state index contributed by atoms with van der Waals surface area (Å²) in [5.74, 6) is 0.183. The fourth-order valence-corrected chi connectivity index (χ4v) is 2.65. The molecule has 0 bridgehead atoms. The zero-order chi connectivity index (χ0) is 13.0. The Balaban J connectivity index is 0.00000180. The molecule has 2 rings (SSSR count). The first-order valence-corrected chi connectivity index (χ1v) is 6.78. The number of nitrogens with one attached hydrogen (secondary N) is 1. The van der Waals surface area contributed by atoms with Crippen molar-refractivity contribution in [3.8, 4) is 0 Å². The summed E-state index contributed by atoms with van der Waals surface area (Å²) < 4.78 is 0. The van der Waals surface area contributed by atoms with Crippen molar-refractivity contribution in [2.45, 2.75) is 39.3 Å². The van der Waals surface area contributed by atoms with Gasteiger partial charge in [0.2, 0.25) is 5.91 Å². The first kappa shape index (κ1) is 13.1. The van der Waals surface area contributed by atoms with E-state index in [1.807, 2.05) is 6.92 Å². The van der Waals surface area contributed by atoms with Gasteiger partial charge in [0.05, 0.1) is 6.04 Å². The van der Waals surface area contributed by atoms with E-state index in [4.69, 9.17) is 0 Å². The second-order valence-electron chi connectivity index (χ2n) is 5.01. The highest BCUT2D eigenvalue weighted by Crippen LogP contribution is 2.20. The summed E-state index contributed by atoms with van der Waals surface area (Å²) in [5.41, 5.74) is 2.58. The van der Waals surface area contributed by atoms with Gasteiger partial charge in [-0.25, -0.2) is 0 Å². The van der Waals surface area contributed by atoms with E-state index in [1.165, 1.54) is 11.1 Å². The molecule has 1 atom stereocenters. The van der Waals surface area contributed by atoms with Crippen LogP contribution in [-0.2, 0) is 11.3 Å². The molecule has 18 heavy (non-hydrogen) atoms. The quantitative estimate of drug-likeness (QED) is 0.887. The third-order valence-corrected chi connectivity index (χ3v) is 3.49. The molecule has 100 valence electrons. The molecule has 0 saturated carbocycles. The molecule has 0 radical (unpaired) electrons. The Hall–Kier alpha value is -1.35. The average Bonchev–Trinajstić information content (AvgIpc) is 2.77. The van der Waals surface area contributed by atoms with Crippen LogP contribution in [0, 0.1) is 6.92 Å². The number of carbonyl (C=O) groups excluding carboxylic acids is 1. The minimum atomic E-state index is 0. The van der Waals surface area contributed by atoms with Crippen molar-refractivity contribution >= 4 is 5.91 Å². The van der Waals surface area contributed by atoms with Crippen molar-refractivity contribution in [3.63, 3.8) is 0 Å². The van der Waals surface area contributed by atoms with E-state index < -0.39 is 0 Å². The van der Waals surface area contributed by atoms with Gasteiger partial charge < -0.3 is 5.32 Å². The smallest absolute Gasteiger partial charge is 0.237 e. The Morgan fingerprint density at radius 1 is 1.56 bits per heavy atom. The van der Waals surface area contributed by atoms with Crippen molar-refractivity contribution < 1.29 is 6.22 Å². The molecular formula is C15H24N2O. The maximum atomic E-state index is 12.0. The number of benzene rings is 1. The topological polar surface area (TPSA) is 32.3 Å². The van der Waals surface area contributed by atoms with Gasteiger partial charge in [0.15, 0.2) is 0 Å². The summed E-state index contributed by atoms with van der Waals surface area (Å²) in [6.07, 6.45) is 2.10. The third-order valence-electron chi connectivity index (χ3n) is 3.49. The molecule has 0 aliphatic carbocycles. The third kappa shape index (κ3) is 3.10. The van der Waals surface area contributed by atoms with Crippen LogP contribution in [0.5, 0.6) is 0 Å². The second-order valence-corrected chi connectivity index (χ2v) is 5.01. The SMILES string of the molecule is CCNC(=O)[C@H]1CCCN1Cc1cccc(C)c1.[HH]. The second kappa shape index (κ2) is 6.01. The highest BCUT2D eigenvalue weighted by molar-refractivity contribution is 5.81. The van der Waals surface area contributed by atoms with Gasteiger partial charge in [-0.3, -0.25) is 9.69 Å². The maximum Gasteiger partial charge on any atom is 0.237 e. The molecule has 1 aliphatic rings. The number of likely N-dealkylation sites (tertiary alicyclic amines) is 1. The highest BCUT2D eigenvalue weighted by Gasteiger charge is 2.29. The van der Waals surface area contributed by atoms with E-state index in [-0.39, 0.29) is 13.4 Å². The van der Waals surface area contributed by atoms with Crippen molar-refractivity contribution in [1.29, 1.82) is 0 Å². The van der Waals surface area contributed by atoms with E-state index in [0.717, 1.165) is 25.9 Å². The van der Waals surface area contributed by atoms with Gasteiger partial charge in [-0.2, -0.15) is 0 Å². The van der Waals surface area contributed by atoms with E-state index >= 15 is 0 Å². The molecule has 1 aromatic rings. The van der Waals surface area contributed by atoms with E-state index in [1.54, 1.807) is 0 Å².